The smallest absolute Gasteiger partial charge is 0.252 e. The van der Waals surface area contributed by atoms with E-state index in [0.717, 1.165) is 16.1 Å². The fourth-order valence-corrected chi connectivity index (χ4v) is 3.47. The van der Waals surface area contributed by atoms with Crippen molar-refractivity contribution < 1.29 is 22.7 Å². The minimum atomic E-state index is -3.43. The standard InChI is InChI=1S/C20H26N2O5S/c1-13-16(8-7-9-18(13)22(3)28(6,24)25)20(23)21-14(2)17-12-15(26-4)10-11-19(17)27-5/h7-12,14H,1-6H3,(H,21,23). The quantitative estimate of drug-likeness (QED) is 0.764. The first kappa shape index (κ1) is 21.6. The van der Waals surface area contributed by atoms with Crippen molar-refractivity contribution in [3.8, 4) is 11.5 Å². The lowest BCUT2D eigenvalue weighted by Crippen LogP contribution is -2.29. The molecule has 1 atom stereocenters. The number of sulfonamides is 1. The van der Waals surface area contributed by atoms with Crippen LogP contribution in [0.25, 0.3) is 0 Å². The molecule has 0 aliphatic rings. The van der Waals surface area contributed by atoms with Gasteiger partial charge in [-0.05, 0) is 49.7 Å². The van der Waals surface area contributed by atoms with E-state index in [1.54, 1.807) is 51.5 Å². The largest absolute Gasteiger partial charge is 0.497 e. The first-order valence-corrected chi connectivity index (χ1v) is 10.5. The predicted octanol–water partition coefficient (Wildman–Crippen LogP) is 2.90. The van der Waals surface area contributed by atoms with Crippen LogP contribution in [0.15, 0.2) is 36.4 Å². The summed E-state index contributed by atoms with van der Waals surface area (Å²) in [5, 5.41) is 2.94. The van der Waals surface area contributed by atoms with Gasteiger partial charge in [-0.3, -0.25) is 9.10 Å². The van der Waals surface area contributed by atoms with Gasteiger partial charge < -0.3 is 14.8 Å². The van der Waals surface area contributed by atoms with E-state index in [-0.39, 0.29) is 11.9 Å². The van der Waals surface area contributed by atoms with E-state index >= 15 is 0 Å². The summed E-state index contributed by atoms with van der Waals surface area (Å²) >= 11 is 0. The van der Waals surface area contributed by atoms with Crippen molar-refractivity contribution in [3.63, 3.8) is 0 Å². The van der Waals surface area contributed by atoms with Crippen LogP contribution < -0.4 is 19.1 Å². The third-order valence-electron chi connectivity index (χ3n) is 4.64. The van der Waals surface area contributed by atoms with E-state index < -0.39 is 10.0 Å². The summed E-state index contributed by atoms with van der Waals surface area (Å²) in [5.41, 5.74) is 2.22. The minimum Gasteiger partial charge on any atom is -0.497 e. The zero-order chi connectivity index (χ0) is 21.1. The fraction of sp³-hybridized carbons (Fsp3) is 0.350. The van der Waals surface area contributed by atoms with Gasteiger partial charge in [-0.2, -0.15) is 0 Å². The number of hydrogen-bond donors (Lipinski definition) is 1. The average molecular weight is 407 g/mol. The number of methoxy groups -OCH3 is 2. The first-order valence-electron chi connectivity index (χ1n) is 8.66. The van der Waals surface area contributed by atoms with Crippen LogP contribution in [0.4, 0.5) is 5.69 Å². The third-order valence-corrected chi connectivity index (χ3v) is 5.83. The molecule has 7 nitrogen and oxygen atoms in total. The number of hydrogen-bond acceptors (Lipinski definition) is 5. The molecule has 0 aliphatic carbocycles. The van der Waals surface area contributed by atoms with E-state index in [2.05, 4.69) is 5.32 Å². The Hall–Kier alpha value is -2.74. The van der Waals surface area contributed by atoms with Crippen molar-refractivity contribution in [2.24, 2.45) is 0 Å². The molecule has 1 unspecified atom stereocenters. The van der Waals surface area contributed by atoms with Crippen molar-refractivity contribution in [3.05, 3.63) is 53.1 Å². The van der Waals surface area contributed by atoms with Crippen LogP contribution in [-0.4, -0.2) is 41.8 Å². The van der Waals surface area contributed by atoms with Crippen molar-refractivity contribution in [2.45, 2.75) is 19.9 Å². The molecule has 0 bridgehead atoms. The molecular formula is C20H26N2O5S. The number of amides is 1. The van der Waals surface area contributed by atoms with Gasteiger partial charge in [0.05, 0.1) is 32.2 Å². The summed E-state index contributed by atoms with van der Waals surface area (Å²) in [7, 11) is 1.16. The minimum absolute atomic E-state index is 0.307. The van der Waals surface area contributed by atoms with Crippen LogP contribution in [0, 0.1) is 6.92 Å². The van der Waals surface area contributed by atoms with Crippen LogP contribution in [0.1, 0.15) is 34.5 Å². The van der Waals surface area contributed by atoms with Gasteiger partial charge in [0.2, 0.25) is 10.0 Å². The normalized spacial score (nSPS) is 12.2. The summed E-state index contributed by atoms with van der Waals surface area (Å²) in [6.45, 7) is 3.57. The molecule has 8 heteroatoms. The van der Waals surface area contributed by atoms with Crippen molar-refractivity contribution >= 4 is 21.6 Å². The van der Waals surface area contributed by atoms with Crippen LogP contribution in [-0.2, 0) is 10.0 Å². The number of nitrogens with one attached hydrogen (secondary N) is 1. The highest BCUT2D eigenvalue weighted by molar-refractivity contribution is 7.92. The Kier molecular flexibility index (Phi) is 6.56. The molecule has 2 aromatic rings. The topological polar surface area (TPSA) is 84.9 Å². The lowest BCUT2D eigenvalue weighted by molar-refractivity contribution is 0.0939. The Morgan fingerprint density at radius 2 is 1.82 bits per heavy atom. The Morgan fingerprint density at radius 1 is 1.14 bits per heavy atom. The number of carbonyl (C=O) groups excluding carboxylic acids is 1. The highest BCUT2D eigenvalue weighted by atomic mass is 32.2. The van der Waals surface area contributed by atoms with Crippen LogP contribution in [0.5, 0.6) is 11.5 Å². The van der Waals surface area contributed by atoms with Crippen molar-refractivity contribution in [1.82, 2.24) is 5.32 Å². The predicted molar refractivity (Wildman–Crippen MR) is 110 cm³/mol. The Labute approximate surface area is 166 Å². The molecule has 0 heterocycles. The molecule has 2 rings (SSSR count). The first-order chi connectivity index (χ1) is 13.1. The molecule has 2 aromatic carbocycles. The van der Waals surface area contributed by atoms with E-state index in [4.69, 9.17) is 9.47 Å². The fourth-order valence-electron chi connectivity index (χ4n) is 2.92. The molecule has 0 saturated carbocycles. The van der Waals surface area contributed by atoms with Crippen molar-refractivity contribution in [1.29, 1.82) is 0 Å². The molecule has 0 aliphatic heterocycles. The Bertz CT molecular complexity index is 973. The molecule has 152 valence electrons. The molecule has 0 spiro atoms. The summed E-state index contributed by atoms with van der Waals surface area (Å²) in [5.74, 6) is 0.986. The van der Waals surface area contributed by atoms with Gasteiger partial charge in [0.1, 0.15) is 11.5 Å². The number of benzene rings is 2. The molecule has 0 saturated heterocycles. The van der Waals surface area contributed by atoms with Crippen LogP contribution >= 0.6 is 0 Å². The lowest BCUT2D eigenvalue weighted by atomic mass is 10.0. The van der Waals surface area contributed by atoms with Gasteiger partial charge in [-0.1, -0.05) is 6.07 Å². The van der Waals surface area contributed by atoms with Gasteiger partial charge in [0, 0.05) is 18.2 Å². The molecule has 0 radical (unpaired) electrons. The number of anilines is 1. The number of nitrogens with zero attached hydrogens (tertiary/aromatic N) is 1. The van der Waals surface area contributed by atoms with Gasteiger partial charge in [0.25, 0.3) is 5.91 Å². The molecule has 0 aromatic heterocycles. The van der Waals surface area contributed by atoms with Crippen LogP contribution in [0.2, 0.25) is 0 Å². The summed E-state index contributed by atoms with van der Waals surface area (Å²) in [6.07, 6.45) is 1.12. The second-order valence-corrected chi connectivity index (χ2v) is 8.50. The number of rotatable bonds is 7. The van der Waals surface area contributed by atoms with Gasteiger partial charge in [0.15, 0.2) is 0 Å². The van der Waals surface area contributed by atoms with Gasteiger partial charge >= 0.3 is 0 Å². The Morgan fingerprint density at radius 3 is 2.39 bits per heavy atom. The lowest BCUT2D eigenvalue weighted by Gasteiger charge is -2.22. The molecular weight excluding hydrogens is 380 g/mol. The van der Waals surface area contributed by atoms with E-state index in [9.17, 15) is 13.2 Å². The Balaban J connectivity index is 2.33. The van der Waals surface area contributed by atoms with Crippen LogP contribution in [0.3, 0.4) is 0 Å². The van der Waals surface area contributed by atoms with E-state index in [1.165, 1.54) is 7.05 Å². The van der Waals surface area contributed by atoms with Gasteiger partial charge in [-0.25, -0.2) is 8.42 Å². The maximum absolute atomic E-state index is 12.9. The summed E-state index contributed by atoms with van der Waals surface area (Å²) in [6, 6.07) is 10.0. The van der Waals surface area contributed by atoms with Crippen molar-refractivity contribution in [2.75, 3.05) is 31.8 Å². The molecule has 28 heavy (non-hydrogen) atoms. The zero-order valence-corrected chi connectivity index (χ0v) is 17.8. The second kappa shape index (κ2) is 8.52. The summed E-state index contributed by atoms with van der Waals surface area (Å²) < 4.78 is 35.5. The summed E-state index contributed by atoms with van der Waals surface area (Å²) in [4.78, 5) is 12.9. The number of ether oxygens (including phenoxy) is 2. The molecule has 0 fully saturated rings. The zero-order valence-electron chi connectivity index (χ0n) is 16.9. The van der Waals surface area contributed by atoms with Gasteiger partial charge in [-0.15, -0.1) is 0 Å². The maximum atomic E-state index is 12.9. The SMILES string of the molecule is COc1ccc(OC)c(C(C)NC(=O)c2cccc(N(C)S(C)(=O)=O)c2C)c1. The van der Waals surface area contributed by atoms with E-state index in [0.29, 0.717) is 28.3 Å². The highest BCUT2D eigenvalue weighted by Crippen LogP contribution is 2.30. The van der Waals surface area contributed by atoms with E-state index in [1.807, 2.05) is 13.0 Å². The monoisotopic (exact) mass is 406 g/mol. The maximum Gasteiger partial charge on any atom is 0.252 e. The number of carbonyl (C=O) groups is 1. The highest BCUT2D eigenvalue weighted by Gasteiger charge is 2.21. The third kappa shape index (κ3) is 4.56. The second-order valence-electron chi connectivity index (χ2n) is 6.48. The average Bonchev–Trinajstić information content (AvgIpc) is 2.66. The molecule has 1 N–H and O–H groups in total. The molecule has 1 amide bonds.